The van der Waals surface area contributed by atoms with Gasteiger partial charge in [0, 0.05) is 5.69 Å². The predicted octanol–water partition coefficient (Wildman–Crippen LogP) is 3.07. The van der Waals surface area contributed by atoms with Crippen molar-refractivity contribution in [2.45, 2.75) is 19.4 Å². The third-order valence-corrected chi connectivity index (χ3v) is 3.18. The first-order valence-corrected chi connectivity index (χ1v) is 6.33. The highest BCUT2D eigenvalue weighted by Crippen LogP contribution is 2.22. The van der Waals surface area contributed by atoms with Gasteiger partial charge in [-0.25, -0.2) is 4.39 Å². The monoisotopic (exact) mass is 272 g/mol. The average molecular weight is 272 g/mol. The number of carbonyl (C=O) groups is 1. The molecule has 2 rings (SSSR count). The second kappa shape index (κ2) is 5.33. The molecule has 0 atom stereocenters. The average Bonchev–Trinajstić information content (AvgIpc) is 2.38. The van der Waals surface area contributed by atoms with Crippen LogP contribution in [0.3, 0.4) is 0 Å². The Bertz CT molecular complexity index is 638. The van der Waals surface area contributed by atoms with Crippen molar-refractivity contribution in [2.24, 2.45) is 0 Å². The summed E-state index contributed by atoms with van der Waals surface area (Å²) in [7, 11) is 0. The van der Waals surface area contributed by atoms with Gasteiger partial charge in [0.15, 0.2) is 0 Å². The Morgan fingerprint density at radius 2 is 1.85 bits per heavy atom. The molecule has 0 unspecified atom stereocenters. The third kappa shape index (κ3) is 2.96. The van der Waals surface area contributed by atoms with Crippen molar-refractivity contribution in [2.75, 3.05) is 5.73 Å². The van der Waals surface area contributed by atoms with Gasteiger partial charge in [0.2, 0.25) is 0 Å². The first kappa shape index (κ1) is 14.1. The number of nitrogens with two attached hydrogens (primary N) is 1. The van der Waals surface area contributed by atoms with Crippen molar-refractivity contribution in [3.8, 4) is 0 Å². The van der Waals surface area contributed by atoms with E-state index in [1.165, 1.54) is 12.1 Å². The zero-order valence-electron chi connectivity index (χ0n) is 11.5. The third-order valence-electron chi connectivity index (χ3n) is 3.18. The normalized spacial score (nSPS) is 11.2. The van der Waals surface area contributed by atoms with Crippen LogP contribution >= 0.6 is 0 Å². The maximum atomic E-state index is 13.3. The topological polar surface area (TPSA) is 55.1 Å². The molecule has 0 bridgehead atoms. The Labute approximate surface area is 117 Å². The summed E-state index contributed by atoms with van der Waals surface area (Å²) in [6.45, 7) is 3.64. The van der Waals surface area contributed by atoms with Crippen LogP contribution in [0.25, 0.3) is 0 Å². The molecule has 0 aliphatic heterocycles. The van der Waals surface area contributed by atoms with Gasteiger partial charge in [0.25, 0.3) is 5.91 Å². The number of anilines is 1. The van der Waals surface area contributed by atoms with Crippen molar-refractivity contribution in [3.05, 3.63) is 65.5 Å². The molecule has 1 amide bonds. The largest absolute Gasteiger partial charge is 0.398 e. The molecule has 0 saturated carbocycles. The molecule has 3 nitrogen and oxygen atoms in total. The zero-order valence-corrected chi connectivity index (χ0v) is 11.5. The van der Waals surface area contributed by atoms with E-state index in [0.29, 0.717) is 16.8 Å². The highest BCUT2D eigenvalue weighted by Gasteiger charge is 2.24. The predicted molar refractivity (Wildman–Crippen MR) is 77.7 cm³/mol. The van der Waals surface area contributed by atoms with E-state index >= 15 is 0 Å². The lowest BCUT2D eigenvalue weighted by Gasteiger charge is -2.27. The number of hydrogen-bond acceptors (Lipinski definition) is 2. The SMILES string of the molecule is CC(C)(NC(=O)c1ccccc1N)c1cccc(F)c1. The lowest BCUT2D eigenvalue weighted by atomic mass is 9.93. The summed E-state index contributed by atoms with van der Waals surface area (Å²) in [6, 6.07) is 13.0. The summed E-state index contributed by atoms with van der Waals surface area (Å²) in [4.78, 5) is 12.3. The van der Waals surface area contributed by atoms with Gasteiger partial charge in [-0.1, -0.05) is 24.3 Å². The smallest absolute Gasteiger partial charge is 0.254 e. The number of nitrogen functional groups attached to an aromatic ring is 1. The molecule has 0 heterocycles. The summed E-state index contributed by atoms with van der Waals surface area (Å²) in [6.07, 6.45) is 0. The van der Waals surface area contributed by atoms with E-state index in [9.17, 15) is 9.18 Å². The molecule has 104 valence electrons. The number of hydrogen-bond donors (Lipinski definition) is 2. The van der Waals surface area contributed by atoms with Crippen molar-refractivity contribution in [1.82, 2.24) is 5.32 Å². The molecular formula is C16H17FN2O. The van der Waals surface area contributed by atoms with Crippen LogP contribution in [0, 0.1) is 5.82 Å². The summed E-state index contributed by atoms with van der Waals surface area (Å²) in [5.41, 5.74) is 6.61. The number of para-hydroxylation sites is 1. The van der Waals surface area contributed by atoms with E-state index in [-0.39, 0.29) is 11.7 Å². The molecule has 0 spiro atoms. The minimum Gasteiger partial charge on any atom is -0.398 e. The van der Waals surface area contributed by atoms with E-state index in [1.54, 1.807) is 36.4 Å². The van der Waals surface area contributed by atoms with E-state index in [0.717, 1.165) is 0 Å². The highest BCUT2D eigenvalue weighted by atomic mass is 19.1. The fourth-order valence-electron chi connectivity index (χ4n) is 2.00. The van der Waals surface area contributed by atoms with Gasteiger partial charge in [0.05, 0.1) is 11.1 Å². The first-order chi connectivity index (χ1) is 9.40. The molecule has 0 radical (unpaired) electrons. The van der Waals surface area contributed by atoms with Crippen LogP contribution in [0.2, 0.25) is 0 Å². The summed E-state index contributed by atoms with van der Waals surface area (Å²) in [5, 5.41) is 2.87. The summed E-state index contributed by atoms with van der Waals surface area (Å²) in [5.74, 6) is -0.610. The van der Waals surface area contributed by atoms with E-state index in [1.807, 2.05) is 13.8 Å². The van der Waals surface area contributed by atoms with Gasteiger partial charge in [-0.15, -0.1) is 0 Å². The van der Waals surface area contributed by atoms with Crippen molar-refractivity contribution < 1.29 is 9.18 Å². The van der Waals surface area contributed by atoms with Crippen molar-refractivity contribution in [1.29, 1.82) is 0 Å². The molecule has 2 aromatic rings. The fraction of sp³-hybridized carbons (Fsp3) is 0.188. The van der Waals surface area contributed by atoms with Crippen LogP contribution in [0.5, 0.6) is 0 Å². The van der Waals surface area contributed by atoms with Crippen LogP contribution in [0.15, 0.2) is 48.5 Å². The van der Waals surface area contributed by atoms with Gasteiger partial charge in [-0.3, -0.25) is 4.79 Å². The minimum atomic E-state index is -0.693. The molecule has 0 aliphatic rings. The lowest BCUT2D eigenvalue weighted by molar-refractivity contribution is 0.0913. The lowest BCUT2D eigenvalue weighted by Crippen LogP contribution is -2.41. The molecule has 4 heteroatoms. The van der Waals surface area contributed by atoms with Crippen molar-refractivity contribution >= 4 is 11.6 Å². The number of benzene rings is 2. The fourth-order valence-corrected chi connectivity index (χ4v) is 2.00. The molecule has 20 heavy (non-hydrogen) atoms. The molecule has 0 aromatic heterocycles. The van der Waals surface area contributed by atoms with Gasteiger partial charge in [0.1, 0.15) is 5.82 Å². The Balaban J connectivity index is 2.24. The van der Waals surface area contributed by atoms with Gasteiger partial charge in [-0.05, 0) is 43.7 Å². The molecule has 0 fully saturated rings. The molecule has 2 aromatic carbocycles. The molecule has 0 saturated heterocycles. The number of amides is 1. The Hall–Kier alpha value is -2.36. The van der Waals surface area contributed by atoms with Crippen LogP contribution < -0.4 is 11.1 Å². The quantitative estimate of drug-likeness (QED) is 0.844. The number of carbonyl (C=O) groups excluding carboxylic acids is 1. The zero-order chi connectivity index (χ0) is 14.8. The Morgan fingerprint density at radius 1 is 1.15 bits per heavy atom. The van der Waals surface area contributed by atoms with E-state index in [2.05, 4.69) is 5.32 Å². The molecule has 3 N–H and O–H groups in total. The Kier molecular flexibility index (Phi) is 3.74. The number of rotatable bonds is 3. The second-order valence-corrected chi connectivity index (χ2v) is 5.18. The van der Waals surface area contributed by atoms with Crippen LogP contribution in [-0.2, 0) is 5.54 Å². The highest BCUT2D eigenvalue weighted by molar-refractivity contribution is 5.99. The Morgan fingerprint density at radius 3 is 2.50 bits per heavy atom. The van der Waals surface area contributed by atoms with Crippen LogP contribution in [-0.4, -0.2) is 5.91 Å². The van der Waals surface area contributed by atoms with E-state index < -0.39 is 5.54 Å². The summed E-state index contributed by atoms with van der Waals surface area (Å²) >= 11 is 0. The van der Waals surface area contributed by atoms with Crippen LogP contribution in [0.4, 0.5) is 10.1 Å². The number of halogens is 1. The molecule has 0 aliphatic carbocycles. The minimum absolute atomic E-state index is 0.280. The van der Waals surface area contributed by atoms with Gasteiger partial charge >= 0.3 is 0 Å². The van der Waals surface area contributed by atoms with Crippen LogP contribution in [0.1, 0.15) is 29.8 Å². The van der Waals surface area contributed by atoms with Gasteiger partial charge < -0.3 is 11.1 Å². The van der Waals surface area contributed by atoms with E-state index in [4.69, 9.17) is 5.73 Å². The maximum Gasteiger partial charge on any atom is 0.254 e. The van der Waals surface area contributed by atoms with Crippen molar-refractivity contribution in [3.63, 3.8) is 0 Å². The standard InChI is InChI=1S/C16H17FN2O/c1-16(2,11-6-5-7-12(17)10-11)19-15(20)13-8-3-4-9-14(13)18/h3-10H,18H2,1-2H3,(H,19,20). The maximum absolute atomic E-state index is 13.3. The summed E-state index contributed by atoms with van der Waals surface area (Å²) < 4.78 is 13.3. The first-order valence-electron chi connectivity index (χ1n) is 6.33. The number of nitrogens with one attached hydrogen (secondary N) is 1. The van der Waals surface area contributed by atoms with Gasteiger partial charge in [-0.2, -0.15) is 0 Å². The molecular weight excluding hydrogens is 255 g/mol. The second-order valence-electron chi connectivity index (χ2n) is 5.18.